The van der Waals surface area contributed by atoms with Gasteiger partial charge in [0.1, 0.15) is 12.6 Å². The highest BCUT2D eigenvalue weighted by Gasteiger charge is 2.44. The lowest BCUT2D eigenvalue weighted by Gasteiger charge is -2.46. The molecule has 0 saturated carbocycles. The van der Waals surface area contributed by atoms with Gasteiger partial charge in [-0.15, -0.1) is 0 Å². The van der Waals surface area contributed by atoms with E-state index in [9.17, 15) is 35.9 Å². The number of amides is 3. The van der Waals surface area contributed by atoms with Gasteiger partial charge in [-0.1, -0.05) is 12.1 Å². The molecule has 2 unspecified atom stereocenters. The van der Waals surface area contributed by atoms with Crippen LogP contribution in [0.5, 0.6) is 0 Å². The number of fused-ring (bicyclic) bond motifs is 1. The molecule has 3 atom stereocenters. The second kappa shape index (κ2) is 9.25. The van der Waals surface area contributed by atoms with Crippen molar-refractivity contribution in [2.75, 3.05) is 39.3 Å². The highest BCUT2D eigenvalue weighted by atomic mass is 19.4. The topological polar surface area (TPSA) is 73.9 Å². The molecule has 188 valence electrons. The van der Waals surface area contributed by atoms with Gasteiger partial charge in [-0.05, 0) is 24.1 Å². The summed E-state index contributed by atoms with van der Waals surface area (Å²) in [6, 6.07) is 0.365. The lowest BCUT2D eigenvalue weighted by molar-refractivity contribution is -0.159. The van der Waals surface area contributed by atoms with Crippen LogP contribution in [0.25, 0.3) is 0 Å². The lowest BCUT2D eigenvalue weighted by atomic mass is 9.97. The fourth-order valence-corrected chi connectivity index (χ4v) is 4.53. The lowest BCUT2D eigenvalue weighted by Crippen LogP contribution is -2.64. The molecule has 0 aromatic heterocycles. The zero-order valence-electron chi connectivity index (χ0n) is 18.0. The Kier molecular flexibility index (Phi) is 6.69. The van der Waals surface area contributed by atoms with Crippen molar-refractivity contribution in [2.45, 2.75) is 37.0 Å². The molecule has 0 aliphatic carbocycles. The largest absolute Gasteiger partial charge is 0.416 e. The third kappa shape index (κ3) is 5.40. The van der Waals surface area contributed by atoms with Crippen LogP contribution in [-0.2, 0) is 15.7 Å². The number of ether oxygens (including phenoxy) is 1. The quantitative estimate of drug-likeness (QED) is 0.632. The standard InChI is InChI=1S/C21H24F6N4O3/c22-20(23,24)14-3-1-2-13(6-14)18(21(25,26)27)28-7-12-8-31(9-12)19(33)30-5-4-16-15(10-30)29-17(32)11-34-16/h1-3,6,12,15-16,18,28H,4-5,7-11H2,(H,29,32)/t15-,16?,18?/m1/s1. The summed E-state index contributed by atoms with van der Waals surface area (Å²) in [5.74, 6) is -0.513. The molecule has 0 bridgehead atoms. The van der Waals surface area contributed by atoms with Crippen molar-refractivity contribution in [1.29, 1.82) is 0 Å². The van der Waals surface area contributed by atoms with E-state index in [1.807, 2.05) is 0 Å². The maximum atomic E-state index is 13.6. The van der Waals surface area contributed by atoms with Gasteiger partial charge in [-0.25, -0.2) is 4.79 Å². The maximum Gasteiger partial charge on any atom is 0.416 e. The van der Waals surface area contributed by atoms with Crippen LogP contribution in [0.4, 0.5) is 31.1 Å². The fourth-order valence-electron chi connectivity index (χ4n) is 4.53. The Labute approximate surface area is 191 Å². The molecule has 3 amide bonds. The van der Waals surface area contributed by atoms with Crippen LogP contribution in [0.2, 0.25) is 0 Å². The van der Waals surface area contributed by atoms with Gasteiger partial charge in [-0.3, -0.25) is 4.79 Å². The summed E-state index contributed by atoms with van der Waals surface area (Å²) in [5, 5.41) is 5.13. The highest BCUT2D eigenvalue weighted by molar-refractivity contribution is 5.79. The number of carbonyl (C=O) groups is 2. The van der Waals surface area contributed by atoms with E-state index in [0.717, 1.165) is 18.2 Å². The molecule has 3 heterocycles. The number of piperidine rings is 1. The second-order valence-corrected chi connectivity index (χ2v) is 8.82. The van der Waals surface area contributed by atoms with Crippen LogP contribution in [-0.4, -0.2) is 79.4 Å². The van der Waals surface area contributed by atoms with Crippen molar-refractivity contribution in [3.05, 3.63) is 35.4 Å². The number of urea groups is 1. The van der Waals surface area contributed by atoms with Gasteiger partial charge in [0.15, 0.2) is 0 Å². The Morgan fingerprint density at radius 1 is 1.15 bits per heavy atom. The first-order valence-electron chi connectivity index (χ1n) is 10.8. The molecule has 2 N–H and O–H groups in total. The first-order valence-corrected chi connectivity index (χ1v) is 10.8. The van der Waals surface area contributed by atoms with Crippen molar-refractivity contribution < 1.29 is 40.7 Å². The number of hydrogen-bond donors (Lipinski definition) is 2. The van der Waals surface area contributed by atoms with Gasteiger partial charge < -0.3 is 25.2 Å². The number of carbonyl (C=O) groups excluding carboxylic acids is 2. The number of nitrogens with one attached hydrogen (secondary N) is 2. The Morgan fingerprint density at radius 2 is 1.88 bits per heavy atom. The normalized spacial score (nSPS) is 24.8. The first kappa shape index (κ1) is 24.6. The highest BCUT2D eigenvalue weighted by Crippen LogP contribution is 2.36. The maximum absolute atomic E-state index is 13.6. The van der Waals surface area contributed by atoms with Crippen molar-refractivity contribution in [3.63, 3.8) is 0 Å². The van der Waals surface area contributed by atoms with E-state index in [0.29, 0.717) is 25.6 Å². The van der Waals surface area contributed by atoms with E-state index in [-0.39, 0.29) is 56.2 Å². The summed E-state index contributed by atoms with van der Waals surface area (Å²) >= 11 is 0. The third-order valence-corrected chi connectivity index (χ3v) is 6.31. The van der Waals surface area contributed by atoms with E-state index in [4.69, 9.17) is 4.74 Å². The summed E-state index contributed by atoms with van der Waals surface area (Å²) < 4.78 is 84.9. The van der Waals surface area contributed by atoms with E-state index in [2.05, 4.69) is 10.6 Å². The number of morpholine rings is 1. The van der Waals surface area contributed by atoms with Crippen LogP contribution >= 0.6 is 0 Å². The smallest absolute Gasteiger partial charge is 0.366 e. The average Bonchev–Trinajstić information content (AvgIpc) is 2.73. The first-order chi connectivity index (χ1) is 15.9. The fraction of sp³-hybridized carbons (Fsp3) is 0.619. The molecule has 13 heteroatoms. The van der Waals surface area contributed by atoms with Crippen LogP contribution in [0, 0.1) is 5.92 Å². The van der Waals surface area contributed by atoms with Crippen LogP contribution in [0.3, 0.4) is 0 Å². The minimum atomic E-state index is -4.79. The number of halogens is 6. The zero-order valence-corrected chi connectivity index (χ0v) is 18.0. The molecule has 0 radical (unpaired) electrons. The van der Waals surface area contributed by atoms with E-state index < -0.39 is 29.5 Å². The van der Waals surface area contributed by atoms with Gasteiger partial charge >= 0.3 is 18.4 Å². The molecule has 34 heavy (non-hydrogen) atoms. The molecule has 0 spiro atoms. The molecule has 3 fully saturated rings. The van der Waals surface area contributed by atoms with Crippen molar-refractivity contribution >= 4 is 11.9 Å². The van der Waals surface area contributed by atoms with Gasteiger partial charge in [0.25, 0.3) is 0 Å². The van der Waals surface area contributed by atoms with Gasteiger partial charge in [0.2, 0.25) is 5.91 Å². The van der Waals surface area contributed by atoms with Gasteiger partial charge in [0, 0.05) is 38.6 Å². The number of rotatable bonds is 4. The van der Waals surface area contributed by atoms with Crippen molar-refractivity contribution in [2.24, 2.45) is 5.92 Å². The van der Waals surface area contributed by atoms with Crippen molar-refractivity contribution in [3.8, 4) is 0 Å². The van der Waals surface area contributed by atoms with Gasteiger partial charge in [0.05, 0.1) is 17.7 Å². The summed E-state index contributed by atoms with van der Waals surface area (Å²) in [6.07, 6.45) is -9.12. The molecule has 3 aliphatic heterocycles. The molecule has 1 aromatic rings. The number of hydrogen-bond acceptors (Lipinski definition) is 4. The number of alkyl halides is 6. The monoisotopic (exact) mass is 494 g/mol. The van der Waals surface area contributed by atoms with Crippen LogP contribution < -0.4 is 10.6 Å². The molecule has 3 aliphatic rings. The molecule has 4 rings (SSSR count). The summed E-state index contributed by atoms with van der Waals surface area (Å²) in [4.78, 5) is 27.3. The average molecular weight is 494 g/mol. The molecular formula is C21H24F6N4O3. The molecule has 7 nitrogen and oxygen atoms in total. The number of nitrogens with zero attached hydrogens (tertiary/aromatic N) is 2. The van der Waals surface area contributed by atoms with E-state index >= 15 is 0 Å². The Hall–Kier alpha value is -2.54. The summed E-state index contributed by atoms with van der Waals surface area (Å²) in [5.41, 5.74) is -1.67. The summed E-state index contributed by atoms with van der Waals surface area (Å²) in [6.45, 7) is 1.08. The molecule has 1 aromatic carbocycles. The third-order valence-electron chi connectivity index (χ3n) is 6.31. The minimum absolute atomic E-state index is 0.00463. The van der Waals surface area contributed by atoms with Gasteiger partial charge in [-0.2, -0.15) is 26.3 Å². The Balaban J connectivity index is 1.30. The predicted molar refractivity (Wildman–Crippen MR) is 107 cm³/mol. The molecule has 3 saturated heterocycles. The van der Waals surface area contributed by atoms with E-state index in [1.165, 1.54) is 4.90 Å². The van der Waals surface area contributed by atoms with Crippen LogP contribution in [0.1, 0.15) is 23.6 Å². The Bertz CT molecular complexity index is 919. The second-order valence-electron chi connectivity index (χ2n) is 8.82. The zero-order chi connectivity index (χ0) is 24.7. The number of benzene rings is 1. The Morgan fingerprint density at radius 3 is 2.56 bits per heavy atom. The number of likely N-dealkylation sites (tertiary alicyclic amines) is 2. The molecular weight excluding hydrogens is 470 g/mol. The van der Waals surface area contributed by atoms with Crippen LogP contribution in [0.15, 0.2) is 24.3 Å². The predicted octanol–water partition coefficient (Wildman–Crippen LogP) is 2.54. The SMILES string of the molecule is O=C1COC2CCN(C(=O)N3CC(CNC(c4cccc(C(F)(F)F)c4)C(F)(F)F)C3)C[C@H]2N1. The summed E-state index contributed by atoms with van der Waals surface area (Å²) in [7, 11) is 0. The van der Waals surface area contributed by atoms with E-state index in [1.54, 1.807) is 4.90 Å². The minimum Gasteiger partial charge on any atom is -0.366 e. The van der Waals surface area contributed by atoms with Crippen molar-refractivity contribution in [1.82, 2.24) is 20.4 Å².